The van der Waals surface area contributed by atoms with Gasteiger partial charge in [-0.25, -0.2) is 4.52 Å². The van der Waals surface area contributed by atoms with Crippen molar-refractivity contribution >= 4 is 23.1 Å². The van der Waals surface area contributed by atoms with Gasteiger partial charge in [0.1, 0.15) is 0 Å². The van der Waals surface area contributed by atoms with Crippen LogP contribution in [0.5, 0.6) is 0 Å². The third kappa shape index (κ3) is 3.47. The van der Waals surface area contributed by atoms with Crippen molar-refractivity contribution in [1.29, 1.82) is 0 Å². The Morgan fingerprint density at radius 2 is 2.13 bits per heavy atom. The number of amides is 1. The third-order valence-electron chi connectivity index (χ3n) is 5.93. The molecule has 1 aliphatic carbocycles. The van der Waals surface area contributed by atoms with E-state index in [2.05, 4.69) is 45.1 Å². The van der Waals surface area contributed by atoms with E-state index in [0.717, 1.165) is 43.4 Å². The minimum Gasteiger partial charge on any atom is -0.403 e. The average molecular weight is 410 g/mol. The number of carbonyl (C=O) groups excluding carboxylic acids is 1. The summed E-state index contributed by atoms with van der Waals surface area (Å²) in [6.45, 7) is 6.22. The van der Waals surface area contributed by atoms with Crippen LogP contribution in [0.2, 0.25) is 0 Å². The molecule has 5 rings (SSSR count). The van der Waals surface area contributed by atoms with Crippen molar-refractivity contribution in [2.75, 3.05) is 23.7 Å². The number of nitrogens with zero attached hydrogens (tertiary/aromatic N) is 4. The Bertz CT molecular complexity index is 1100. The van der Waals surface area contributed by atoms with Crippen molar-refractivity contribution in [3.63, 3.8) is 0 Å². The summed E-state index contributed by atoms with van der Waals surface area (Å²) in [7, 11) is 0. The van der Waals surface area contributed by atoms with E-state index in [1.54, 1.807) is 4.52 Å². The lowest BCUT2D eigenvalue weighted by Gasteiger charge is -2.40. The Morgan fingerprint density at radius 1 is 1.30 bits per heavy atom. The summed E-state index contributed by atoms with van der Waals surface area (Å²) in [5.74, 6) is -0.117. The highest BCUT2D eigenvalue weighted by Gasteiger charge is 2.33. The predicted octanol–water partition coefficient (Wildman–Crippen LogP) is 1.86. The van der Waals surface area contributed by atoms with Gasteiger partial charge in [0.2, 0.25) is 0 Å². The zero-order valence-corrected chi connectivity index (χ0v) is 17.1. The maximum Gasteiger partial charge on any atom is 0.315 e. The van der Waals surface area contributed by atoms with Crippen LogP contribution in [0.4, 0.5) is 11.7 Å². The maximum absolute atomic E-state index is 12.1. The molecule has 158 valence electrons. The average Bonchev–Trinajstić information content (AvgIpc) is 3.21. The van der Waals surface area contributed by atoms with Crippen LogP contribution >= 0.6 is 0 Å². The second-order valence-corrected chi connectivity index (χ2v) is 8.84. The van der Waals surface area contributed by atoms with Crippen molar-refractivity contribution < 1.29 is 9.21 Å². The monoisotopic (exact) mass is 410 g/mol. The highest BCUT2D eigenvalue weighted by atomic mass is 16.4. The van der Waals surface area contributed by atoms with E-state index < -0.39 is 5.91 Å². The lowest BCUT2D eigenvalue weighted by atomic mass is 9.80. The Morgan fingerprint density at radius 3 is 2.87 bits per heavy atom. The van der Waals surface area contributed by atoms with Gasteiger partial charge in [0, 0.05) is 24.8 Å². The van der Waals surface area contributed by atoms with Gasteiger partial charge in [-0.05, 0) is 37.3 Å². The highest BCUT2D eigenvalue weighted by molar-refractivity contribution is 6.02. The first-order valence-electron chi connectivity index (χ1n) is 10.3. The van der Waals surface area contributed by atoms with Gasteiger partial charge in [-0.15, -0.1) is 5.10 Å². The van der Waals surface area contributed by atoms with Gasteiger partial charge >= 0.3 is 6.01 Å². The fourth-order valence-electron chi connectivity index (χ4n) is 3.93. The molecule has 1 atom stereocenters. The molecule has 1 unspecified atom stereocenters. The van der Waals surface area contributed by atoms with Crippen LogP contribution in [0.1, 0.15) is 43.5 Å². The van der Waals surface area contributed by atoms with Gasteiger partial charge in [-0.3, -0.25) is 4.79 Å². The number of primary amides is 1. The van der Waals surface area contributed by atoms with E-state index in [1.165, 1.54) is 6.20 Å². The van der Waals surface area contributed by atoms with E-state index >= 15 is 0 Å². The summed E-state index contributed by atoms with van der Waals surface area (Å²) in [4.78, 5) is 12.1. The molecule has 10 nitrogen and oxygen atoms in total. The highest BCUT2D eigenvalue weighted by Crippen LogP contribution is 2.33. The van der Waals surface area contributed by atoms with Crippen molar-refractivity contribution in [2.24, 2.45) is 11.1 Å². The van der Waals surface area contributed by atoms with Crippen molar-refractivity contribution in [3.05, 3.63) is 24.0 Å². The minimum absolute atomic E-state index is 0.0126. The third-order valence-corrected chi connectivity index (χ3v) is 5.93. The standard InChI is InChI=1S/C20H26N8O2/c1-20(2)10-22-6-5-15(20)25-16-13(17(21)29)8-23-28-9-11(7-14(16)28)18-26-27-19(30-18)24-12-3-4-12/h7-9,12,15,22,25H,3-6,10H2,1-2H3,(H2,21,29)(H,24,27). The molecule has 1 amide bonds. The second-order valence-electron chi connectivity index (χ2n) is 8.84. The van der Waals surface area contributed by atoms with Crippen LogP contribution in [0.25, 0.3) is 17.0 Å². The smallest absolute Gasteiger partial charge is 0.315 e. The number of nitrogens with two attached hydrogens (primary N) is 1. The molecule has 1 aliphatic heterocycles. The van der Waals surface area contributed by atoms with Crippen LogP contribution in [0.3, 0.4) is 0 Å². The normalized spacial score (nSPS) is 20.9. The fourth-order valence-corrected chi connectivity index (χ4v) is 3.93. The van der Waals surface area contributed by atoms with Gasteiger partial charge in [0.25, 0.3) is 11.8 Å². The molecule has 1 saturated carbocycles. The fraction of sp³-hybridized carbons (Fsp3) is 0.500. The van der Waals surface area contributed by atoms with E-state index in [-0.39, 0.29) is 11.5 Å². The SMILES string of the molecule is CC1(C)CNCCC1Nc1c(C(N)=O)cnn2cc(-c3nnc(NC4CC4)o3)cc12. The minimum atomic E-state index is -0.518. The van der Waals surface area contributed by atoms with E-state index in [1.807, 2.05) is 12.3 Å². The lowest BCUT2D eigenvalue weighted by Crippen LogP contribution is -2.50. The summed E-state index contributed by atoms with van der Waals surface area (Å²) in [5, 5.41) is 22.8. The zero-order valence-electron chi connectivity index (χ0n) is 17.1. The molecule has 3 aromatic heterocycles. The van der Waals surface area contributed by atoms with Gasteiger partial charge in [-0.1, -0.05) is 18.9 Å². The van der Waals surface area contributed by atoms with Gasteiger partial charge < -0.3 is 26.1 Å². The summed E-state index contributed by atoms with van der Waals surface area (Å²) < 4.78 is 7.46. The van der Waals surface area contributed by atoms with Crippen molar-refractivity contribution in [3.8, 4) is 11.5 Å². The van der Waals surface area contributed by atoms with Crippen LogP contribution in [-0.2, 0) is 0 Å². The number of carbonyl (C=O) groups is 1. The van der Waals surface area contributed by atoms with Crippen LogP contribution in [0.15, 0.2) is 22.9 Å². The number of piperidine rings is 1. The molecule has 0 radical (unpaired) electrons. The van der Waals surface area contributed by atoms with Crippen LogP contribution < -0.4 is 21.7 Å². The molecule has 3 aromatic rings. The summed E-state index contributed by atoms with van der Waals surface area (Å²) in [5.41, 5.74) is 8.19. The molecule has 0 aromatic carbocycles. The van der Waals surface area contributed by atoms with E-state index in [0.29, 0.717) is 29.2 Å². The molecule has 1 saturated heterocycles. The number of aromatic nitrogens is 4. The number of hydrogen-bond donors (Lipinski definition) is 4. The Hall–Kier alpha value is -3.14. The number of nitrogens with one attached hydrogen (secondary N) is 3. The molecule has 4 heterocycles. The van der Waals surface area contributed by atoms with Gasteiger partial charge in [0.15, 0.2) is 0 Å². The maximum atomic E-state index is 12.1. The van der Waals surface area contributed by atoms with Crippen molar-refractivity contribution in [1.82, 2.24) is 25.1 Å². The van der Waals surface area contributed by atoms with E-state index in [9.17, 15) is 4.79 Å². The van der Waals surface area contributed by atoms with Crippen molar-refractivity contribution in [2.45, 2.75) is 45.2 Å². The summed E-state index contributed by atoms with van der Waals surface area (Å²) in [6, 6.07) is 2.92. The summed E-state index contributed by atoms with van der Waals surface area (Å²) >= 11 is 0. The molecule has 10 heteroatoms. The van der Waals surface area contributed by atoms with E-state index in [4.69, 9.17) is 10.2 Å². The largest absolute Gasteiger partial charge is 0.403 e. The first-order valence-corrected chi connectivity index (χ1v) is 10.3. The molecule has 30 heavy (non-hydrogen) atoms. The molecular weight excluding hydrogens is 384 g/mol. The Kier molecular flexibility index (Phi) is 4.39. The quantitative estimate of drug-likeness (QED) is 0.483. The number of anilines is 2. The van der Waals surface area contributed by atoms with Gasteiger partial charge in [0.05, 0.1) is 28.5 Å². The lowest BCUT2D eigenvalue weighted by molar-refractivity contribution is 0.100. The molecule has 5 N–H and O–H groups in total. The van der Waals surface area contributed by atoms with Gasteiger partial charge in [-0.2, -0.15) is 5.10 Å². The molecule has 0 bridgehead atoms. The van der Waals surface area contributed by atoms with Crippen LogP contribution in [0, 0.1) is 5.41 Å². The number of hydrogen-bond acceptors (Lipinski definition) is 8. The molecule has 2 fully saturated rings. The molecular formula is C20H26N8O2. The Labute approximate surface area is 173 Å². The molecule has 0 spiro atoms. The first-order chi connectivity index (χ1) is 14.4. The topological polar surface area (TPSA) is 135 Å². The number of fused-ring (bicyclic) bond motifs is 1. The number of rotatable bonds is 6. The first kappa shape index (κ1) is 18.9. The van der Waals surface area contributed by atoms with Crippen LogP contribution in [-0.4, -0.2) is 50.9 Å². The predicted molar refractivity (Wildman–Crippen MR) is 112 cm³/mol. The Balaban J connectivity index is 1.53. The second kappa shape index (κ2) is 6.98. The molecule has 2 aliphatic rings. The summed E-state index contributed by atoms with van der Waals surface area (Å²) in [6.07, 6.45) is 6.50. The zero-order chi connectivity index (χ0) is 20.9.